The SMILES string of the molecule is CC.Cc1nc(NC2=CC(C)(C)C=CC=C2)ccc1CNC=O. The molecule has 1 aliphatic rings. The molecule has 0 radical (unpaired) electrons. The standard InChI is InChI=1S/C17H21N3O.C2H6/c1-13-14(11-18-12-21)7-8-16(19-13)20-15-6-4-5-9-17(2,3)10-15;1-2/h4-10,12H,11H2,1-3H3,(H,18,21)(H,19,20);1-2H3. The summed E-state index contributed by atoms with van der Waals surface area (Å²) < 4.78 is 0. The molecule has 4 heteroatoms. The van der Waals surface area contributed by atoms with E-state index in [4.69, 9.17) is 0 Å². The first-order valence-corrected chi connectivity index (χ1v) is 7.99. The van der Waals surface area contributed by atoms with Crippen LogP contribution in [0.4, 0.5) is 5.82 Å². The van der Waals surface area contributed by atoms with Gasteiger partial charge in [0.05, 0.1) is 0 Å². The van der Waals surface area contributed by atoms with Gasteiger partial charge in [-0.1, -0.05) is 58.1 Å². The second-order valence-corrected chi connectivity index (χ2v) is 5.70. The number of carbonyl (C=O) groups excluding carboxylic acids is 1. The number of aryl methyl sites for hydroxylation is 1. The van der Waals surface area contributed by atoms with E-state index < -0.39 is 0 Å². The van der Waals surface area contributed by atoms with Crippen molar-refractivity contribution in [3.63, 3.8) is 0 Å². The van der Waals surface area contributed by atoms with Crippen LogP contribution >= 0.6 is 0 Å². The fourth-order valence-corrected chi connectivity index (χ4v) is 2.18. The lowest BCUT2D eigenvalue weighted by molar-refractivity contribution is -0.109. The van der Waals surface area contributed by atoms with E-state index >= 15 is 0 Å². The van der Waals surface area contributed by atoms with Crippen LogP contribution in [-0.4, -0.2) is 11.4 Å². The van der Waals surface area contributed by atoms with E-state index in [9.17, 15) is 4.79 Å². The number of hydrogen-bond donors (Lipinski definition) is 2. The molecule has 2 N–H and O–H groups in total. The van der Waals surface area contributed by atoms with Gasteiger partial charge >= 0.3 is 0 Å². The summed E-state index contributed by atoms with van der Waals surface area (Å²) in [7, 11) is 0. The molecule has 1 aromatic heterocycles. The molecule has 0 bridgehead atoms. The predicted octanol–water partition coefficient (Wildman–Crippen LogP) is 4.11. The van der Waals surface area contributed by atoms with Gasteiger partial charge in [-0.15, -0.1) is 0 Å². The van der Waals surface area contributed by atoms with Gasteiger partial charge in [-0.25, -0.2) is 4.98 Å². The lowest BCUT2D eigenvalue weighted by atomic mass is 9.92. The average Bonchev–Trinajstić information content (AvgIpc) is 2.69. The Labute approximate surface area is 139 Å². The number of nitrogens with one attached hydrogen (secondary N) is 2. The molecule has 0 aromatic carbocycles. The fraction of sp³-hybridized carbons (Fsp3) is 0.368. The Morgan fingerprint density at radius 1 is 1.22 bits per heavy atom. The number of hydrogen-bond acceptors (Lipinski definition) is 3. The molecule has 4 nitrogen and oxygen atoms in total. The Hall–Kier alpha value is -2.36. The zero-order valence-corrected chi connectivity index (χ0v) is 14.7. The summed E-state index contributed by atoms with van der Waals surface area (Å²) in [6.07, 6.45) is 11.1. The second-order valence-electron chi connectivity index (χ2n) is 5.70. The highest BCUT2D eigenvalue weighted by atomic mass is 16.1. The Kier molecular flexibility index (Phi) is 7.26. The molecular formula is C19H27N3O. The molecule has 0 unspecified atom stereocenters. The van der Waals surface area contributed by atoms with Crippen LogP contribution in [0, 0.1) is 12.3 Å². The van der Waals surface area contributed by atoms with Gasteiger partial charge < -0.3 is 10.6 Å². The van der Waals surface area contributed by atoms with Gasteiger partial charge in [0.15, 0.2) is 0 Å². The highest BCUT2D eigenvalue weighted by molar-refractivity contribution is 5.50. The van der Waals surface area contributed by atoms with Crippen LogP contribution in [0.1, 0.15) is 39.0 Å². The zero-order valence-electron chi connectivity index (χ0n) is 14.7. The monoisotopic (exact) mass is 313 g/mol. The number of carbonyl (C=O) groups is 1. The minimum atomic E-state index is 0.00863. The smallest absolute Gasteiger partial charge is 0.207 e. The van der Waals surface area contributed by atoms with Crippen LogP contribution < -0.4 is 10.6 Å². The number of rotatable bonds is 5. The Morgan fingerprint density at radius 3 is 2.61 bits per heavy atom. The highest BCUT2D eigenvalue weighted by Crippen LogP contribution is 2.24. The van der Waals surface area contributed by atoms with E-state index in [1.54, 1.807) is 0 Å². The molecule has 0 spiro atoms. The molecule has 0 atom stereocenters. The number of pyridine rings is 1. The Morgan fingerprint density at radius 2 is 1.96 bits per heavy atom. The van der Waals surface area contributed by atoms with Crippen molar-refractivity contribution in [1.82, 2.24) is 10.3 Å². The van der Waals surface area contributed by atoms with Crippen LogP contribution in [0.5, 0.6) is 0 Å². The molecule has 1 aliphatic carbocycles. The lowest BCUT2D eigenvalue weighted by Crippen LogP contribution is -2.12. The fourth-order valence-electron chi connectivity index (χ4n) is 2.18. The van der Waals surface area contributed by atoms with Gasteiger partial charge in [-0.2, -0.15) is 0 Å². The summed E-state index contributed by atoms with van der Waals surface area (Å²) >= 11 is 0. The van der Waals surface area contributed by atoms with Gasteiger partial charge in [0, 0.05) is 23.4 Å². The molecule has 0 saturated carbocycles. The molecule has 124 valence electrons. The van der Waals surface area contributed by atoms with Crippen molar-refractivity contribution in [1.29, 1.82) is 0 Å². The Bertz CT molecular complexity index is 613. The normalized spacial score (nSPS) is 14.9. The molecule has 1 aromatic rings. The molecule has 0 saturated heterocycles. The van der Waals surface area contributed by atoms with Crippen molar-refractivity contribution in [2.75, 3.05) is 5.32 Å². The van der Waals surface area contributed by atoms with Crippen molar-refractivity contribution < 1.29 is 4.79 Å². The third kappa shape index (κ3) is 6.10. The van der Waals surface area contributed by atoms with Gasteiger partial charge in [-0.3, -0.25) is 4.79 Å². The van der Waals surface area contributed by atoms with Crippen LogP contribution in [0.15, 0.2) is 48.2 Å². The maximum absolute atomic E-state index is 10.3. The summed E-state index contributed by atoms with van der Waals surface area (Å²) in [5.41, 5.74) is 2.95. The zero-order chi connectivity index (χ0) is 17.3. The third-order valence-electron chi connectivity index (χ3n) is 3.28. The first-order valence-electron chi connectivity index (χ1n) is 7.99. The van der Waals surface area contributed by atoms with Crippen molar-refractivity contribution in [3.05, 3.63) is 59.5 Å². The maximum atomic E-state index is 10.3. The first-order chi connectivity index (χ1) is 11.0. The van der Waals surface area contributed by atoms with E-state index in [1.165, 1.54) is 0 Å². The number of allylic oxidation sites excluding steroid dienone is 5. The average molecular weight is 313 g/mol. The number of aromatic nitrogens is 1. The van der Waals surface area contributed by atoms with E-state index in [0.29, 0.717) is 13.0 Å². The molecule has 2 rings (SSSR count). The quantitative estimate of drug-likeness (QED) is 0.804. The van der Waals surface area contributed by atoms with Gasteiger partial charge in [0.2, 0.25) is 6.41 Å². The van der Waals surface area contributed by atoms with Gasteiger partial charge in [-0.05, 0) is 24.6 Å². The van der Waals surface area contributed by atoms with Crippen molar-refractivity contribution >= 4 is 12.2 Å². The van der Waals surface area contributed by atoms with Crippen LogP contribution in [0.25, 0.3) is 0 Å². The summed E-state index contributed by atoms with van der Waals surface area (Å²) in [4.78, 5) is 14.9. The minimum absolute atomic E-state index is 0.00863. The van der Waals surface area contributed by atoms with Crippen LogP contribution in [0.3, 0.4) is 0 Å². The Balaban J connectivity index is 0.00000127. The van der Waals surface area contributed by atoms with Crippen molar-refractivity contribution in [2.24, 2.45) is 5.41 Å². The summed E-state index contributed by atoms with van der Waals surface area (Å²) in [5.74, 6) is 0.802. The molecular weight excluding hydrogens is 286 g/mol. The number of amides is 1. The lowest BCUT2D eigenvalue weighted by Gasteiger charge is -2.16. The third-order valence-corrected chi connectivity index (χ3v) is 3.28. The van der Waals surface area contributed by atoms with Crippen LogP contribution in [0.2, 0.25) is 0 Å². The molecule has 1 amide bonds. The maximum Gasteiger partial charge on any atom is 0.207 e. The summed E-state index contributed by atoms with van der Waals surface area (Å²) in [5, 5.41) is 5.99. The number of nitrogens with zero attached hydrogens (tertiary/aromatic N) is 1. The topological polar surface area (TPSA) is 54.0 Å². The van der Waals surface area contributed by atoms with E-state index in [2.05, 4.69) is 47.7 Å². The van der Waals surface area contributed by atoms with Crippen LogP contribution in [-0.2, 0) is 11.3 Å². The van der Waals surface area contributed by atoms with E-state index in [1.807, 2.05) is 45.1 Å². The summed E-state index contributed by atoms with van der Waals surface area (Å²) in [6, 6.07) is 3.90. The van der Waals surface area contributed by atoms with E-state index in [0.717, 1.165) is 22.8 Å². The minimum Gasteiger partial charge on any atom is -0.355 e. The number of anilines is 1. The molecule has 23 heavy (non-hydrogen) atoms. The molecule has 1 heterocycles. The van der Waals surface area contributed by atoms with Crippen molar-refractivity contribution in [3.8, 4) is 0 Å². The van der Waals surface area contributed by atoms with Gasteiger partial charge in [0.1, 0.15) is 5.82 Å². The first kappa shape index (κ1) is 18.7. The van der Waals surface area contributed by atoms with Crippen molar-refractivity contribution in [2.45, 2.75) is 41.2 Å². The largest absolute Gasteiger partial charge is 0.355 e. The molecule has 0 fully saturated rings. The second kappa shape index (κ2) is 8.93. The molecule has 0 aliphatic heterocycles. The van der Waals surface area contributed by atoms with Gasteiger partial charge in [0.25, 0.3) is 0 Å². The summed E-state index contributed by atoms with van der Waals surface area (Å²) in [6.45, 7) is 10.8. The van der Waals surface area contributed by atoms with E-state index in [-0.39, 0.29) is 5.41 Å². The highest BCUT2D eigenvalue weighted by Gasteiger charge is 2.13. The predicted molar refractivity (Wildman–Crippen MR) is 97.0 cm³/mol.